The number of benzene rings is 1. The minimum atomic E-state index is -0.981. The minimum absolute atomic E-state index is 0.200. The quantitative estimate of drug-likeness (QED) is 0.512. The minimum Gasteiger partial charge on any atom is -0.479 e. The lowest BCUT2D eigenvalue weighted by Gasteiger charge is -2.32. The molecule has 32 heavy (non-hydrogen) atoms. The van der Waals surface area contributed by atoms with Crippen LogP contribution in [0.5, 0.6) is 5.88 Å². The van der Waals surface area contributed by atoms with Crippen LogP contribution in [0, 0.1) is 0 Å². The highest BCUT2D eigenvalue weighted by atomic mass is 19.1. The summed E-state index contributed by atoms with van der Waals surface area (Å²) in [6, 6.07) is 7.90. The van der Waals surface area contributed by atoms with Gasteiger partial charge in [-0.1, -0.05) is 11.3 Å². The molecule has 1 aliphatic rings. The Morgan fingerprint density at radius 2 is 2.09 bits per heavy atom. The van der Waals surface area contributed by atoms with Crippen LogP contribution in [-0.4, -0.2) is 74.0 Å². The van der Waals surface area contributed by atoms with Crippen LogP contribution in [0.3, 0.4) is 0 Å². The zero-order valence-electron chi connectivity index (χ0n) is 18.7. The molecule has 5 rings (SSSR count). The Morgan fingerprint density at radius 1 is 1.25 bits per heavy atom. The molecule has 3 aromatic heterocycles. The molecule has 1 saturated heterocycles. The number of methoxy groups -OCH3 is 1. The maximum atomic E-state index is 14.5. The Kier molecular flexibility index (Phi) is 5.16. The summed E-state index contributed by atoms with van der Waals surface area (Å²) < 4.78 is 23.7. The Morgan fingerprint density at radius 3 is 2.84 bits per heavy atom. The first-order valence-electron chi connectivity index (χ1n) is 10.8. The molecule has 1 N–H and O–H groups in total. The average molecular weight is 439 g/mol. The van der Waals surface area contributed by atoms with E-state index in [4.69, 9.17) is 4.74 Å². The molecule has 1 aliphatic heterocycles. The molecule has 0 aliphatic carbocycles. The number of nitrogens with zero attached hydrogens (tertiary/aromatic N) is 7. The second-order valence-electron chi connectivity index (χ2n) is 8.62. The van der Waals surface area contributed by atoms with Gasteiger partial charge < -0.3 is 15.0 Å². The third-order valence-electron chi connectivity index (χ3n) is 6.00. The smallest absolute Gasteiger partial charge is 0.244 e. The highest BCUT2D eigenvalue weighted by Gasteiger charge is 2.28. The Balaban J connectivity index is 1.53. The van der Waals surface area contributed by atoms with Crippen LogP contribution < -0.4 is 10.1 Å². The van der Waals surface area contributed by atoms with Gasteiger partial charge in [-0.05, 0) is 51.1 Å². The van der Waals surface area contributed by atoms with E-state index < -0.39 is 6.17 Å². The predicted octanol–water partition coefficient (Wildman–Crippen LogP) is 3.18. The number of aromatic nitrogens is 6. The van der Waals surface area contributed by atoms with Gasteiger partial charge in [0.05, 0.1) is 18.7 Å². The van der Waals surface area contributed by atoms with E-state index in [1.165, 1.54) is 0 Å². The van der Waals surface area contributed by atoms with Crippen molar-refractivity contribution in [3.05, 3.63) is 30.5 Å². The highest BCUT2D eigenvalue weighted by Crippen LogP contribution is 2.33. The fourth-order valence-corrected chi connectivity index (χ4v) is 4.30. The van der Waals surface area contributed by atoms with Crippen molar-refractivity contribution in [3.8, 4) is 17.0 Å². The first-order valence-corrected chi connectivity index (χ1v) is 10.8. The summed E-state index contributed by atoms with van der Waals surface area (Å²) >= 11 is 0. The van der Waals surface area contributed by atoms with E-state index in [0.29, 0.717) is 24.8 Å². The topological polar surface area (TPSA) is 85.4 Å². The van der Waals surface area contributed by atoms with Gasteiger partial charge in [0.1, 0.15) is 17.2 Å². The van der Waals surface area contributed by atoms with Gasteiger partial charge in [-0.25, -0.2) is 13.6 Å². The number of hydrogen-bond acceptors (Lipinski definition) is 7. The van der Waals surface area contributed by atoms with Crippen molar-refractivity contribution in [2.24, 2.45) is 0 Å². The van der Waals surface area contributed by atoms with Gasteiger partial charge in [0.25, 0.3) is 0 Å². The van der Waals surface area contributed by atoms with Gasteiger partial charge in [-0.3, -0.25) is 0 Å². The molecule has 4 aromatic rings. The molecule has 0 unspecified atom stereocenters. The van der Waals surface area contributed by atoms with Gasteiger partial charge in [0.2, 0.25) is 11.8 Å². The predicted molar refractivity (Wildman–Crippen MR) is 121 cm³/mol. The van der Waals surface area contributed by atoms with Crippen LogP contribution in [0.4, 0.5) is 10.3 Å². The zero-order chi connectivity index (χ0) is 22.4. The van der Waals surface area contributed by atoms with Crippen molar-refractivity contribution in [2.45, 2.75) is 38.5 Å². The normalized spacial score (nSPS) is 19.8. The number of anilines is 1. The van der Waals surface area contributed by atoms with E-state index in [-0.39, 0.29) is 12.1 Å². The Hall–Kier alpha value is -3.27. The first kappa shape index (κ1) is 20.6. The fraction of sp³-hybridized carbons (Fsp3) is 0.455. The van der Waals surface area contributed by atoms with Crippen LogP contribution in [0.2, 0.25) is 0 Å². The lowest BCUT2D eigenvalue weighted by molar-refractivity contribution is 0.149. The summed E-state index contributed by atoms with van der Waals surface area (Å²) in [6.45, 7) is 5.38. The lowest BCUT2D eigenvalue weighted by atomic mass is 10.0. The van der Waals surface area contributed by atoms with Crippen LogP contribution in [0.15, 0.2) is 30.5 Å². The van der Waals surface area contributed by atoms with E-state index in [1.54, 1.807) is 11.6 Å². The lowest BCUT2D eigenvalue weighted by Crippen LogP contribution is -2.46. The second kappa shape index (κ2) is 8.01. The van der Waals surface area contributed by atoms with Gasteiger partial charge in [0, 0.05) is 30.9 Å². The second-order valence-corrected chi connectivity index (χ2v) is 8.62. The SMILES string of the molecule is COc1nc(N[C@H]2CCN(C)C[C@H]2F)nn2ccc(-c3ccc4nnn(C(C)C)c4c3)c12. The third kappa shape index (κ3) is 3.54. The molecule has 0 saturated carbocycles. The number of nitrogens with one attached hydrogen (secondary N) is 1. The molecule has 10 heteroatoms. The van der Waals surface area contributed by atoms with Crippen molar-refractivity contribution in [1.82, 2.24) is 34.5 Å². The molecule has 168 valence electrons. The summed E-state index contributed by atoms with van der Waals surface area (Å²) in [4.78, 5) is 6.54. The molecule has 0 bridgehead atoms. The maximum absolute atomic E-state index is 14.5. The summed E-state index contributed by atoms with van der Waals surface area (Å²) in [5.74, 6) is 0.785. The van der Waals surface area contributed by atoms with Crippen LogP contribution >= 0.6 is 0 Å². The third-order valence-corrected chi connectivity index (χ3v) is 6.00. The Bertz CT molecular complexity index is 1270. The van der Waals surface area contributed by atoms with Gasteiger partial charge in [-0.2, -0.15) is 4.98 Å². The van der Waals surface area contributed by atoms with E-state index >= 15 is 0 Å². The maximum Gasteiger partial charge on any atom is 0.244 e. The van der Waals surface area contributed by atoms with Crippen LogP contribution in [0.1, 0.15) is 26.3 Å². The summed E-state index contributed by atoms with van der Waals surface area (Å²) in [5.41, 5.74) is 4.49. The molecular formula is C22H27FN8O. The van der Waals surface area contributed by atoms with Crippen LogP contribution in [0.25, 0.3) is 27.7 Å². The van der Waals surface area contributed by atoms with Crippen molar-refractivity contribution >= 4 is 22.5 Å². The zero-order valence-corrected chi connectivity index (χ0v) is 18.7. The van der Waals surface area contributed by atoms with E-state index in [9.17, 15) is 4.39 Å². The number of fused-ring (bicyclic) bond motifs is 2. The van der Waals surface area contributed by atoms with Gasteiger partial charge in [0.15, 0.2) is 0 Å². The molecule has 4 heterocycles. The molecule has 2 atom stereocenters. The number of likely N-dealkylation sites (tertiary alicyclic amines) is 1. The molecule has 0 amide bonds. The van der Waals surface area contributed by atoms with Gasteiger partial charge >= 0.3 is 0 Å². The van der Waals surface area contributed by atoms with E-state index in [2.05, 4.69) is 45.6 Å². The van der Waals surface area contributed by atoms with Crippen molar-refractivity contribution < 1.29 is 9.13 Å². The van der Waals surface area contributed by atoms with E-state index in [0.717, 1.165) is 34.2 Å². The number of rotatable bonds is 5. The monoisotopic (exact) mass is 438 g/mol. The molecular weight excluding hydrogens is 411 g/mol. The average Bonchev–Trinajstić information content (AvgIpc) is 3.39. The number of hydrogen-bond donors (Lipinski definition) is 1. The molecule has 0 spiro atoms. The number of ether oxygens (including phenoxy) is 1. The van der Waals surface area contributed by atoms with Crippen molar-refractivity contribution in [1.29, 1.82) is 0 Å². The first-order chi connectivity index (χ1) is 15.4. The van der Waals surface area contributed by atoms with Crippen molar-refractivity contribution in [3.63, 3.8) is 0 Å². The molecule has 1 fully saturated rings. The van der Waals surface area contributed by atoms with Gasteiger partial charge in [-0.15, -0.1) is 10.2 Å². The largest absolute Gasteiger partial charge is 0.479 e. The standard InChI is InChI=1S/C22H27FN8O/c1-13(2)31-19-11-14(5-6-18(19)26-28-31)15-7-10-30-20(15)21(32-4)25-22(27-30)24-17-8-9-29(3)12-16(17)23/h5-7,10-11,13,16-17H,8-9,12H2,1-4H3,(H,24,27)/t16-,17+/m1/s1. The summed E-state index contributed by atoms with van der Waals surface area (Å²) in [6.07, 6.45) is 1.57. The highest BCUT2D eigenvalue weighted by molar-refractivity contribution is 5.89. The summed E-state index contributed by atoms with van der Waals surface area (Å²) in [5, 5.41) is 16.3. The number of alkyl halides is 1. The summed E-state index contributed by atoms with van der Waals surface area (Å²) in [7, 11) is 3.51. The molecule has 9 nitrogen and oxygen atoms in total. The van der Waals surface area contributed by atoms with E-state index in [1.807, 2.05) is 41.0 Å². The molecule has 1 aromatic carbocycles. The number of piperidine rings is 1. The Labute approximate surface area is 185 Å². The molecule has 0 radical (unpaired) electrons. The number of halogens is 1. The van der Waals surface area contributed by atoms with Crippen molar-refractivity contribution in [2.75, 3.05) is 32.6 Å². The fourth-order valence-electron chi connectivity index (χ4n) is 4.30. The van der Waals surface area contributed by atoms with Crippen LogP contribution in [-0.2, 0) is 0 Å².